The number of rotatable bonds is 9. The first kappa shape index (κ1) is 33.4. The van der Waals surface area contributed by atoms with Gasteiger partial charge in [0, 0.05) is 34.5 Å². The molecule has 0 fully saturated rings. The summed E-state index contributed by atoms with van der Waals surface area (Å²) in [5, 5.41) is 7.53. The summed E-state index contributed by atoms with van der Waals surface area (Å²) in [6.45, 7) is 13.2. The van der Waals surface area contributed by atoms with E-state index in [4.69, 9.17) is 14.8 Å². The third kappa shape index (κ3) is 6.12. The summed E-state index contributed by atoms with van der Waals surface area (Å²) in [6.07, 6.45) is 4.97. The molecule has 0 aliphatic rings. The monoisotopic (exact) mass is 722 g/mol. The van der Waals surface area contributed by atoms with Gasteiger partial charge < -0.3 is 9.30 Å². The number of pyridine rings is 1. The molecule has 0 unspecified atom stereocenters. The molecule has 0 N–H and O–H groups in total. The average Bonchev–Trinajstić information content (AvgIpc) is 3.60. The fourth-order valence-corrected chi connectivity index (χ4v) is 6.68. The smallest absolute Gasteiger partial charge is 0.509 e. The number of fused-ring (bicyclic) bond motifs is 3. The van der Waals surface area contributed by atoms with E-state index in [1.54, 1.807) is 0 Å². The molecule has 0 saturated carbocycles. The number of hydrogen-bond donors (Lipinski definition) is 0. The summed E-state index contributed by atoms with van der Waals surface area (Å²) < 4.78 is 10.8. The minimum Gasteiger partial charge on any atom is -0.509 e. The topological polar surface area (TPSA) is 44.9 Å². The average molecular weight is 723 g/mol. The Labute approximate surface area is 297 Å². The normalized spacial score (nSPS) is 11.4. The van der Waals surface area contributed by atoms with E-state index in [-0.39, 0.29) is 26.3 Å². The summed E-state index contributed by atoms with van der Waals surface area (Å²) in [5.74, 6) is 2.36. The van der Waals surface area contributed by atoms with Gasteiger partial charge >= 0.3 is 20.4 Å². The quantitative estimate of drug-likeness (QED) is 0.110. The second-order valence-corrected chi connectivity index (χ2v) is 12.8. The van der Waals surface area contributed by atoms with Crippen molar-refractivity contribution in [3.8, 4) is 34.1 Å². The summed E-state index contributed by atoms with van der Waals surface area (Å²) in [4.78, 5) is 4.71. The first-order valence-corrected chi connectivity index (χ1v) is 16.6. The minimum atomic E-state index is 0. The first-order valence-electron chi connectivity index (χ1n) is 16.6. The molecule has 7 aromatic rings. The standard InChI is InChI=1S/C42H40N4O.Pd/c1-7-8-18-37-41(40-29(5)13-11-14-30(40)6)42(27(2)3)44-46(37)31-15-12-16-32(25-31)47-33-20-21-35-34-17-9-10-19-36(34)45(38(35)26-33)39-24-28(4)22-23-43-39;/h9-17,19-24,27H,7-8,18H2,1-6H3;/q-2;+2. The summed E-state index contributed by atoms with van der Waals surface area (Å²) in [5.41, 5.74) is 11.5. The van der Waals surface area contributed by atoms with Gasteiger partial charge in [-0.15, -0.1) is 35.7 Å². The van der Waals surface area contributed by atoms with Gasteiger partial charge in [0.15, 0.2) is 0 Å². The predicted molar refractivity (Wildman–Crippen MR) is 192 cm³/mol. The molecule has 5 nitrogen and oxygen atoms in total. The van der Waals surface area contributed by atoms with Crippen molar-refractivity contribution in [1.82, 2.24) is 19.3 Å². The van der Waals surface area contributed by atoms with Crippen LogP contribution in [0, 0.1) is 32.9 Å². The molecule has 6 heteroatoms. The van der Waals surface area contributed by atoms with Crippen molar-refractivity contribution >= 4 is 21.8 Å². The summed E-state index contributed by atoms with van der Waals surface area (Å²) in [7, 11) is 0. The number of aryl methyl sites for hydroxylation is 3. The minimum absolute atomic E-state index is 0. The van der Waals surface area contributed by atoms with E-state index in [9.17, 15) is 0 Å². The Balaban J connectivity index is 0.00000401. The first-order chi connectivity index (χ1) is 22.8. The Hall–Kier alpha value is -4.50. The molecule has 4 aromatic carbocycles. The number of benzene rings is 4. The molecule has 0 atom stereocenters. The molecule has 7 rings (SSSR count). The molecular formula is C42H40N4OPd. The van der Waals surface area contributed by atoms with Gasteiger partial charge in [-0.3, -0.25) is 4.68 Å². The molecule has 3 heterocycles. The second kappa shape index (κ2) is 13.9. The molecule has 244 valence electrons. The van der Waals surface area contributed by atoms with Crippen LogP contribution >= 0.6 is 0 Å². The maximum Gasteiger partial charge on any atom is 2.00 e. The van der Waals surface area contributed by atoms with Crippen LogP contribution in [0.2, 0.25) is 0 Å². The molecule has 48 heavy (non-hydrogen) atoms. The van der Waals surface area contributed by atoms with Crippen LogP contribution in [0.15, 0.2) is 91.1 Å². The Kier molecular flexibility index (Phi) is 9.69. The number of hydrogen-bond acceptors (Lipinski definition) is 3. The van der Waals surface area contributed by atoms with Crippen LogP contribution in [0.1, 0.15) is 67.6 Å². The summed E-state index contributed by atoms with van der Waals surface area (Å²) in [6, 6.07) is 36.3. The van der Waals surface area contributed by atoms with Gasteiger partial charge in [-0.05, 0) is 91.1 Å². The van der Waals surface area contributed by atoms with Gasteiger partial charge in [0.25, 0.3) is 0 Å². The van der Waals surface area contributed by atoms with Crippen LogP contribution < -0.4 is 4.74 Å². The van der Waals surface area contributed by atoms with Crippen molar-refractivity contribution in [1.29, 1.82) is 0 Å². The van der Waals surface area contributed by atoms with Crippen molar-refractivity contribution in [2.24, 2.45) is 0 Å². The van der Waals surface area contributed by atoms with Crippen molar-refractivity contribution in [2.45, 2.75) is 66.7 Å². The zero-order valence-electron chi connectivity index (χ0n) is 28.4. The Bertz CT molecular complexity index is 2220. The molecule has 0 spiro atoms. The van der Waals surface area contributed by atoms with E-state index in [0.29, 0.717) is 11.5 Å². The zero-order valence-corrected chi connectivity index (χ0v) is 29.9. The Morgan fingerprint density at radius 1 is 0.792 bits per heavy atom. The number of unbranched alkanes of at least 4 members (excludes halogenated alkanes) is 1. The van der Waals surface area contributed by atoms with Gasteiger partial charge in [-0.25, -0.2) is 4.98 Å². The van der Waals surface area contributed by atoms with Crippen molar-refractivity contribution in [3.05, 3.63) is 131 Å². The molecule has 0 aliphatic heterocycles. The van der Waals surface area contributed by atoms with Gasteiger partial charge in [0.05, 0.1) is 5.69 Å². The molecular weight excluding hydrogens is 683 g/mol. The van der Waals surface area contributed by atoms with Gasteiger partial charge in [-0.2, -0.15) is 17.2 Å². The number of para-hydroxylation sites is 1. The fraction of sp³-hybridized carbons (Fsp3) is 0.238. The van der Waals surface area contributed by atoms with Crippen molar-refractivity contribution in [3.63, 3.8) is 0 Å². The zero-order chi connectivity index (χ0) is 32.7. The van der Waals surface area contributed by atoms with Crippen LogP contribution in [0.4, 0.5) is 0 Å². The molecule has 0 bridgehead atoms. The molecule has 0 saturated heterocycles. The van der Waals surface area contributed by atoms with Gasteiger partial charge in [-0.1, -0.05) is 69.1 Å². The van der Waals surface area contributed by atoms with Gasteiger partial charge in [0.1, 0.15) is 5.82 Å². The van der Waals surface area contributed by atoms with Crippen LogP contribution in [0.5, 0.6) is 11.5 Å². The third-order valence-corrected chi connectivity index (χ3v) is 8.94. The third-order valence-electron chi connectivity index (χ3n) is 8.94. The fourth-order valence-electron chi connectivity index (χ4n) is 6.68. The van der Waals surface area contributed by atoms with Crippen molar-refractivity contribution in [2.75, 3.05) is 0 Å². The van der Waals surface area contributed by atoms with E-state index in [1.165, 1.54) is 27.9 Å². The van der Waals surface area contributed by atoms with Gasteiger partial charge in [0.2, 0.25) is 0 Å². The number of ether oxygens (including phenoxy) is 1. The van der Waals surface area contributed by atoms with Crippen LogP contribution in [-0.2, 0) is 26.8 Å². The number of aromatic nitrogens is 4. The van der Waals surface area contributed by atoms with Crippen LogP contribution in [0.3, 0.4) is 0 Å². The SMILES string of the molecule is CCCCc1c(-c2c(C)cccc2C)c(C(C)C)nn1-c1[c-]c(Oc2[c-]c3c(cc2)c2ccccc2n3-c2cc(C)ccn2)ccc1.[Pd+2]. The Morgan fingerprint density at radius 2 is 1.54 bits per heavy atom. The van der Waals surface area contributed by atoms with E-state index in [2.05, 4.69) is 124 Å². The Morgan fingerprint density at radius 3 is 2.29 bits per heavy atom. The second-order valence-electron chi connectivity index (χ2n) is 12.8. The molecule has 0 amide bonds. The van der Waals surface area contributed by atoms with E-state index >= 15 is 0 Å². The summed E-state index contributed by atoms with van der Waals surface area (Å²) >= 11 is 0. The molecule has 3 aromatic heterocycles. The number of nitrogens with zero attached hydrogens (tertiary/aromatic N) is 4. The maximum absolute atomic E-state index is 6.50. The molecule has 0 radical (unpaired) electrons. The van der Waals surface area contributed by atoms with Crippen LogP contribution in [0.25, 0.3) is 44.4 Å². The molecule has 0 aliphatic carbocycles. The van der Waals surface area contributed by atoms with Crippen molar-refractivity contribution < 1.29 is 25.2 Å². The van der Waals surface area contributed by atoms with E-state index < -0.39 is 0 Å². The van der Waals surface area contributed by atoms with E-state index in [1.807, 2.05) is 30.5 Å². The van der Waals surface area contributed by atoms with E-state index in [0.717, 1.165) is 63.8 Å². The maximum atomic E-state index is 6.50. The predicted octanol–water partition coefficient (Wildman–Crippen LogP) is 10.8. The van der Waals surface area contributed by atoms with Crippen LogP contribution in [-0.4, -0.2) is 19.3 Å². The largest absolute Gasteiger partial charge is 2.00 e.